The lowest BCUT2D eigenvalue weighted by Gasteiger charge is -2.13. The first kappa shape index (κ1) is 13.4. The quantitative estimate of drug-likeness (QED) is 0.873. The van der Waals surface area contributed by atoms with Gasteiger partial charge in [-0.05, 0) is 43.0 Å². The Bertz CT molecular complexity index is 499. The van der Waals surface area contributed by atoms with Gasteiger partial charge in [0.1, 0.15) is 5.75 Å². The molecule has 1 atom stereocenters. The third-order valence-corrected chi connectivity index (χ3v) is 3.90. The molecule has 0 aliphatic heterocycles. The zero-order chi connectivity index (χ0) is 13.0. The maximum Gasteiger partial charge on any atom is 0.120 e. The molecule has 0 bridgehead atoms. The van der Waals surface area contributed by atoms with E-state index in [2.05, 4.69) is 29.8 Å². The number of nitrogens with one attached hydrogen (secondary N) is 1. The lowest BCUT2D eigenvalue weighted by Crippen LogP contribution is -2.27. The average molecular weight is 282 g/mol. The van der Waals surface area contributed by atoms with Gasteiger partial charge in [-0.2, -0.15) is 0 Å². The topological polar surface area (TPSA) is 32.3 Å². The number of hydrogen-bond donors (Lipinski definition) is 2. The molecule has 1 unspecified atom stereocenters. The highest BCUT2D eigenvalue weighted by molar-refractivity contribution is 7.09. The van der Waals surface area contributed by atoms with Gasteiger partial charge in [0.2, 0.25) is 0 Å². The van der Waals surface area contributed by atoms with Crippen LogP contribution in [-0.2, 0) is 13.0 Å². The molecule has 0 spiro atoms. The molecule has 0 saturated heterocycles. The van der Waals surface area contributed by atoms with Gasteiger partial charge in [0, 0.05) is 28.0 Å². The van der Waals surface area contributed by atoms with Crippen LogP contribution in [0.1, 0.15) is 17.4 Å². The standard InChI is InChI=1S/C14H16ClNOS/c1-10(7-13-3-2-6-18-13)16-9-11-8-12(15)4-5-14(11)17/h2-6,8,10,16-17H,7,9H2,1H3. The summed E-state index contributed by atoms with van der Waals surface area (Å²) in [6, 6.07) is 9.68. The van der Waals surface area contributed by atoms with Crippen LogP contribution in [0.15, 0.2) is 35.7 Å². The van der Waals surface area contributed by atoms with E-state index in [0.717, 1.165) is 12.0 Å². The second kappa shape index (κ2) is 6.23. The third-order valence-electron chi connectivity index (χ3n) is 2.77. The summed E-state index contributed by atoms with van der Waals surface area (Å²) in [6.07, 6.45) is 0.999. The summed E-state index contributed by atoms with van der Waals surface area (Å²) in [5.74, 6) is 0.287. The molecule has 18 heavy (non-hydrogen) atoms. The van der Waals surface area contributed by atoms with Gasteiger partial charge in [0.15, 0.2) is 0 Å². The highest BCUT2D eigenvalue weighted by Crippen LogP contribution is 2.21. The summed E-state index contributed by atoms with van der Waals surface area (Å²) < 4.78 is 0. The predicted molar refractivity (Wildman–Crippen MR) is 77.4 cm³/mol. The van der Waals surface area contributed by atoms with Crippen molar-refractivity contribution in [3.05, 3.63) is 51.2 Å². The molecule has 0 aliphatic carbocycles. The van der Waals surface area contributed by atoms with Gasteiger partial charge < -0.3 is 10.4 Å². The van der Waals surface area contributed by atoms with E-state index in [1.165, 1.54) is 4.88 Å². The van der Waals surface area contributed by atoms with E-state index in [-0.39, 0.29) is 5.75 Å². The van der Waals surface area contributed by atoms with Crippen molar-refractivity contribution in [3.63, 3.8) is 0 Å². The van der Waals surface area contributed by atoms with Crippen molar-refractivity contribution < 1.29 is 5.11 Å². The molecule has 1 aromatic carbocycles. The number of aromatic hydroxyl groups is 1. The molecule has 96 valence electrons. The van der Waals surface area contributed by atoms with Crippen molar-refractivity contribution in [2.24, 2.45) is 0 Å². The van der Waals surface area contributed by atoms with E-state index in [0.29, 0.717) is 17.6 Å². The smallest absolute Gasteiger partial charge is 0.120 e. The van der Waals surface area contributed by atoms with E-state index in [4.69, 9.17) is 11.6 Å². The van der Waals surface area contributed by atoms with E-state index in [9.17, 15) is 5.11 Å². The number of phenols is 1. The van der Waals surface area contributed by atoms with Crippen molar-refractivity contribution >= 4 is 22.9 Å². The van der Waals surface area contributed by atoms with Crippen LogP contribution in [-0.4, -0.2) is 11.1 Å². The minimum absolute atomic E-state index is 0.287. The molecular formula is C14H16ClNOS. The molecule has 2 rings (SSSR count). The van der Waals surface area contributed by atoms with E-state index < -0.39 is 0 Å². The van der Waals surface area contributed by atoms with Gasteiger partial charge in [-0.15, -0.1) is 11.3 Å². The SMILES string of the molecule is CC(Cc1cccs1)NCc1cc(Cl)ccc1O. The Morgan fingerprint density at radius 1 is 1.39 bits per heavy atom. The van der Waals surface area contributed by atoms with Gasteiger partial charge in [-0.3, -0.25) is 0 Å². The van der Waals surface area contributed by atoms with Crippen molar-refractivity contribution in [2.75, 3.05) is 0 Å². The van der Waals surface area contributed by atoms with Crippen molar-refractivity contribution in [3.8, 4) is 5.75 Å². The monoisotopic (exact) mass is 281 g/mol. The lowest BCUT2D eigenvalue weighted by molar-refractivity contribution is 0.459. The molecule has 1 heterocycles. The molecule has 2 N–H and O–H groups in total. The maximum absolute atomic E-state index is 9.71. The number of rotatable bonds is 5. The Hall–Kier alpha value is -1.03. The highest BCUT2D eigenvalue weighted by atomic mass is 35.5. The minimum atomic E-state index is 0.287. The Labute approximate surface area is 116 Å². The third kappa shape index (κ3) is 3.73. The summed E-state index contributed by atoms with van der Waals surface area (Å²) in [5, 5.41) is 15.8. The second-order valence-corrected chi connectivity index (χ2v) is 5.81. The van der Waals surface area contributed by atoms with Gasteiger partial charge >= 0.3 is 0 Å². The first-order chi connectivity index (χ1) is 8.65. The van der Waals surface area contributed by atoms with Crippen LogP contribution < -0.4 is 5.32 Å². The maximum atomic E-state index is 9.71. The van der Waals surface area contributed by atoms with E-state index in [1.807, 2.05) is 0 Å². The summed E-state index contributed by atoms with van der Waals surface area (Å²) in [5.41, 5.74) is 0.834. The largest absolute Gasteiger partial charge is 0.508 e. The highest BCUT2D eigenvalue weighted by Gasteiger charge is 2.06. The molecule has 2 aromatic rings. The fraction of sp³-hybridized carbons (Fsp3) is 0.286. The van der Waals surface area contributed by atoms with E-state index in [1.54, 1.807) is 29.5 Å². The number of hydrogen-bond acceptors (Lipinski definition) is 3. The Kier molecular flexibility index (Phi) is 4.64. The summed E-state index contributed by atoms with van der Waals surface area (Å²) >= 11 is 7.68. The Morgan fingerprint density at radius 2 is 2.22 bits per heavy atom. The normalized spacial score (nSPS) is 12.6. The molecule has 0 saturated carbocycles. The van der Waals surface area contributed by atoms with Crippen LogP contribution in [0.3, 0.4) is 0 Å². The zero-order valence-electron chi connectivity index (χ0n) is 10.2. The van der Waals surface area contributed by atoms with Crippen LogP contribution >= 0.6 is 22.9 Å². The number of phenolic OH excluding ortho intramolecular Hbond substituents is 1. The van der Waals surface area contributed by atoms with Crippen LogP contribution in [0.2, 0.25) is 5.02 Å². The van der Waals surface area contributed by atoms with E-state index >= 15 is 0 Å². The lowest BCUT2D eigenvalue weighted by atomic mass is 10.1. The van der Waals surface area contributed by atoms with Gasteiger partial charge in [-0.25, -0.2) is 0 Å². The molecule has 0 fully saturated rings. The Morgan fingerprint density at radius 3 is 2.94 bits per heavy atom. The molecule has 0 amide bonds. The molecule has 0 aliphatic rings. The summed E-state index contributed by atoms with van der Waals surface area (Å²) in [4.78, 5) is 1.37. The van der Waals surface area contributed by atoms with Crippen LogP contribution in [0.25, 0.3) is 0 Å². The Balaban J connectivity index is 1.89. The fourth-order valence-corrected chi connectivity index (χ4v) is 2.81. The number of benzene rings is 1. The minimum Gasteiger partial charge on any atom is -0.508 e. The summed E-state index contributed by atoms with van der Waals surface area (Å²) in [6.45, 7) is 2.76. The molecular weight excluding hydrogens is 266 g/mol. The number of halogens is 1. The van der Waals surface area contributed by atoms with Gasteiger partial charge in [0.25, 0.3) is 0 Å². The first-order valence-electron chi connectivity index (χ1n) is 5.88. The predicted octanol–water partition coefficient (Wildman–Crippen LogP) is 3.83. The van der Waals surface area contributed by atoms with Crippen molar-refractivity contribution in [1.29, 1.82) is 0 Å². The second-order valence-electron chi connectivity index (χ2n) is 4.34. The fourth-order valence-electron chi connectivity index (χ4n) is 1.78. The van der Waals surface area contributed by atoms with Crippen LogP contribution in [0.4, 0.5) is 0 Å². The van der Waals surface area contributed by atoms with Gasteiger partial charge in [0.05, 0.1) is 0 Å². The van der Waals surface area contributed by atoms with Crippen molar-refractivity contribution in [2.45, 2.75) is 25.9 Å². The number of thiophene rings is 1. The first-order valence-corrected chi connectivity index (χ1v) is 7.14. The van der Waals surface area contributed by atoms with Crippen LogP contribution in [0.5, 0.6) is 5.75 Å². The molecule has 1 aromatic heterocycles. The van der Waals surface area contributed by atoms with Gasteiger partial charge in [-0.1, -0.05) is 17.7 Å². The summed E-state index contributed by atoms with van der Waals surface area (Å²) in [7, 11) is 0. The molecule has 0 radical (unpaired) electrons. The zero-order valence-corrected chi connectivity index (χ0v) is 11.8. The molecule has 4 heteroatoms. The average Bonchev–Trinajstić information content (AvgIpc) is 2.83. The van der Waals surface area contributed by atoms with Crippen molar-refractivity contribution in [1.82, 2.24) is 5.32 Å². The van der Waals surface area contributed by atoms with Crippen LogP contribution in [0, 0.1) is 0 Å². The molecule has 2 nitrogen and oxygen atoms in total.